The molecule has 4 rings (SSSR count). The molecule has 31 heavy (non-hydrogen) atoms. The maximum absolute atomic E-state index is 5.55. The van der Waals surface area contributed by atoms with Gasteiger partial charge in [-0.3, -0.25) is 5.43 Å². The van der Waals surface area contributed by atoms with E-state index in [1.165, 1.54) is 27.2 Å². The molecule has 0 amide bonds. The Bertz CT molecular complexity index is 1120. The van der Waals surface area contributed by atoms with Crippen LogP contribution in [0.15, 0.2) is 113 Å². The Morgan fingerprint density at radius 1 is 0.935 bits per heavy atom. The van der Waals surface area contributed by atoms with Crippen LogP contribution in [0.4, 0.5) is 0 Å². The Morgan fingerprint density at radius 2 is 1.55 bits per heavy atom. The SMILES string of the molecule is NC(=S)N/N=C\C1=C(c2ccccc2)S[C@@H](c2ccccc2)C(Cc2ccccc2)=C1. The molecule has 0 spiro atoms. The summed E-state index contributed by atoms with van der Waals surface area (Å²) in [7, 11) is 0. The summed E-state index contributed by atoms with van der Waals surface area (Å²) < 4.78 is 0. The number of thioether (sulfide) groups is 1. The molecule has 5 heteroatoms. The van der Waals surface area contributed by atoms with E-state index in [4.69, 9.17) is 18.0 Å². The second kappa shape index (κ2) is 10.2. The summed E-state index contributed by atoms with van der Waals surface area (Å²) in [6.45, 7) is 0. The van der Waals surface area contributed by atoms with Gasteiger partial charge in [0.2, 0.25) is 0 Å². The number of thiocarbonyl (C=S) groups is 1. The molecule has 1 aliphatic rings. The highest BCUT2D eigenvalue weighted by Gasteiger charge is 2.26. The molecule has 0 aliphatic carbocycles. The number of nitrogens with two attached hydrogens (primary N) is 1. The lowest BCUT2D eigenvalue weighted by atomic mass is 9.95. The van der Waals surface area contributed by atoms with Crippen LogP contribution in [0.3, 0.4) is 0 Å². The van der Waals surface area contributed by atoms with Gasteiger partial charge in [0.25, 0.3) is 0 Å². The van der Waals surface area contributed by atoms with Gasteiger partial charge in [0.1, 0.15) is 0 Å². The highest BCUT2D eigenvalue weighted by atomic mass is 32.2. The van der Waals surface area contributed by atoms with Crippen molar-refractivity contribution in [3.05, 3.63) is 125 Å². The van der Waals surface area contributed by atoms with Crippen LogP contribution in [-0.4, -0.2) is 11.3 Å². The minimum absolute atomic E-state index is 0.150. The van der Waals surface area contributed by atoms with Gasteiger partial charge < -0.3 is 5.73 Å². The first-order chi connectivity index (χ1) is 15.2. The van der Waals surface area contributed by atoms with E-state index in [1.54, 1.807) is 6.21 Å². The summed E-state index contributed by atoms with van der Waals surface area (Å²) in [6, 6.07) is 31.7. The smallest absolute Gasteiger partial charge is 0.184 e. The van der Waals surface area contributed by atoms with Crippen LogP contribution in [0.1, 0.15) is 21.9 Å². The zero-order valence-electron chi connectivity index (χ0n) is 16.9. The zero-order chi connectivity index (χ0) is 21.5. The summed E-state index contributed by atoms with van der Waals surface area (Å²) in [5.41, 5.74) is 14.3. The second-order valence-electron chi connectivity index (χ2n) is 7.17. The number of hydrogen-bond acceptors (Lipinski definition) is 3. The fourth-order valence-corrected chi connectivity index (χ4v) is 4.98. The predicted octanol–water partition coefficient (Wildman–Crippen LogP) is 5.87. The number of rotatable bonds is 6. The monoisotopic (exact) mass is 441 g/mol. The molecule has 3 nitrogen and oxygen atoms in total. The van der Waals surface area contributed by atoms with Crippen molar-refractivity contribution < 1.29 is 0 Å². The van der Waals surface area contributed by atoms with Crippen molar-refractivity contribution in [2.24, 2.45) is 10.8 Å². The number of allylic oxidation sites excluding steroid dienone is 2. The van der Waals surface area contributed by atoms with Crippen molar-refractivity contribution in [1.29, 1.82) is 0 Å². The molecule has 3 aromatic carbocycles. The molecular weight excluding hydrogens is 418 g/mol. The molecule has 0 saturated heterocycles. The Balaban J connectivity index is 1.80. The summed E-state index contributed by atoms with van der Waals surface area (Å²) in [5, 5.41) is 4.62. The van der Waals surface area contributed by atoms with Gasteiger partial charge in [-0.05, 0) is 40.9 Å². The molecule has 154 valence electrons. The van der Waals surface area contributed by atoms with Crippen molar-refractivity contribution in [3.8, 4) is 0 Å². The summed E-state index contributed by atoms with van der Waals surface area (Å²) in [5.74, 6) is 0. The number of nitrogens with one attached hydrogen (secondary N) is 1. The van der Waals surface area contributed by atoms with Gasteiger partial charge in [0.05, 0.1) is 11.5 Å². The molecule has 1 heterocycles. The fourth-order valence-electron chi connectivity index (χ4n) is 3.57. The normalized spacial score (nSPS) is 16.3. The average molecular weight is 442 g/mol. The van der Waals surface area contributed by atoms with Gasteiger partial charge in [-0.2, -0.15) is 5.10 Å². The number of benzene rings is 3. The maximum atomic E-state index is 5.55. The van der Waals surface area contributed by atoms with Crippen LogP contribution in [0, 0.1) is 0 Å². The molecule has 0 bridgehead atoms. The van der Waals surface area contributed by atoms with E-state index < -0.39 is 0 Å². The van der Waals surface area contributed by atoms with Crippen LogP contribution < -0.4 is 11.2 Å². The number of nitrogens with zero attached hydrogens (tertiary/aromatic N) is 1. The molecule has 1 aliphatic heterocycles. The van der Waals surface area contributed by atoms with E-state index in [-0.39, 0.29) is 10.4 Å². The molecule has 0 aromatic heterocycles. The minimum Gasteiger partial charge on any atom is -0.375 e. The lowest BCUT2D eigenvalue weighted by molar-refractivity contribution is 1.01. The molecule has 0 fully saturated rings. The van der Waals surface area contributed by atoms with Gasteiger partial charge in [0.15, 0.2) is 5.11 Å². The maximum Gasteiger partial charge on any atom is 0.184 e. The average Bonchev–Trinajstić information content (AvgIpc) is 2.81. The van der Waals surface area contributed by atoms with Crippen molar-refractivity contribution in [2.75, 3.05) is 0 Å². The lowest BCUT2D eigenvalue weighted by Gasteiger charge is -2.28. The van der Waals surface area contributed by atoms with Crippen molar-refractivity contribution in [3.63, 3.8) is 0 Å². The van der Waals surface area contributed by atoms with Gasteiger partial charge >= 0.3 is 0 Å². The highest BCUT2D eigenvalue weighted by molar-refractivity contribution is 8.08. The van der Waals surface area contributed by atoms with E-state index in [9.17, 15) is 0 Å². The lowest BCUT2D eigenvalue weighted by Crippen LogP contribution is -2.24. The molecule has 0 unspecified atom stereocenters. The highest BCUT2D eigenvalue weighted by Crippen LogP contribution is 2.49. The quantitative estimate of drug-likeness (QED) is 0.285. The number of hydrazone groups is 1. The van der Waals surface area contributed by atoms with Crippen LogP contribution in [0.2, 0.25) is 0 Å². The topological polar surface area (TPSA) is 50.4 Å². The summed E-state index contributed by atoms with van der Waals surface area (Å²) in [6.07, 6.45) is 4.94. The first kappa shape index (κ1) is 21.1. The van der Waals surface area contributed by atoms with Crippen LogP contribution in [0.5, 0.6) is 0 Å². The van der Waals surface area contributed by atoms with Crippen molar-refractivity contribution in [2.45, 2.75) is 11.7 Å². The predicted molar refractivity (Wildman–Crippen MR) is 137 cm³/mol. The van der Waals surface area contributed by atoms with Crippen molar-refractivity contribution >= 4 is 40.2 Å². The molecule has 0 radical (unpaired) electrons. The molecule has 0 saturated carbocycles. The third-order valence-electron chi connectivity index (χ3n) is 4.94. The Morgan fingerprint density at radius 3 is 2.19 bits per heavy atom. The minimum atomic E-state index is 0.150. The second-order valence-corrected chi connectivity index (χ2v) is 8.73. The largest absolute Gasteiger partial charge is 0.375 e. The Labute approximate surface area is 192 Å². The third-order valence-corrected chi connectivity index (χ3v) is 6.55. The third kappa shape index (κ3) is 5.51. The van der Waals surface area contributed by atoms with Crippen molar-refractivity contribution in [1.82, 2.24) is 5.43 Å². The van der Waals surface area contributed by atoms with Gasteiger partial charge in [-0.1, -0.05) is 97.1 Å². The Hall–Kier alpha value is -3.15. The first-order valence-electron chi connectivity index (χ1n) is 10.0. The number of hydrogen-bond donors (Lipinski definition) is 2. The van der Waals surface area contributed by atoms with E-state index in [0.717, 1.165) is 12.0 Å². The molecular formula is C26H23N3S2. The first-order valence-corrected chi connectivity index (χ1v) is 11.3. The molecule has 3 N–H and O–H groups in total. The van der Waals surface area contributed by atoms with Crippen LogP contribution >= 0.6 is 24.0 Å². The van der Waals surface area contributed by atoms with Gasteiger partial charge in [0, 0.05) is 10.5 Å². The van der Waals surface area contributed by atoms with E-state index >= 15 is 0 Å². The molecule has 3 aromatic rings. The summed E-state index contributed by atoms with van der Waals surface area (Å²) in [4.78, 5) is 1.18. The van der Waals surface area contributed by atoms with E-state index in [0.29, 0.717) is 0 Å². The fraction of sp³-hybridized carbons (Fsp3) is 0.0769. The standard InChI is InChI=1S/C26H23N3S2/c27-26(30)29-28-18-23-17-22(16-19-10-4-1-5-11-19)24(20-12-6-2-7-13-20)31-25(23)21-14-8-3-9-15-21/h1-15,17-18,24H,16H2,(H3,27,29,30)/b28-18-/t24-/m0/s1. The van der Waals surface area contributed by atoms with E-state index in [1.807, 2.05) is 17.8 Å². The van der Waals surface area contributed by atoms with Gasteiger partial charge in [-0.25, -0.2) is 0 Å². The Kier molecular flexibility index (Phi) is 6.97. The van der Waals surface area contributed by atoms with Crippen LogP contribution in [-0.2, 0) is 6.42 Å². The zero-order valence-corrected chi connectivity index (χ0v) is 18.6. The molecule has 1 atom stereocenters. The van der Waals surface area contributed by atoms with Crippen LogP contribution in [0.25, 0.3) is 4.91 Å². The van der Waals surface area contributed by atoms with Gasteiger partial charge in [-0.15, -0.1) is 11.8 Å². The van der Waals surface area contributed by atoms with E-state index in [2.05, 4.69) is 102 Å². The summed E-state index contributed by atoms with van der Waals surface area (Å²) >= 11 is 6.75.